The first-order chi connectivity index (χ1) is 15.7. The summed E-state index contributed by atoms with van der Waals surface area (Å²) in [6.45, 7) is 5.87. The maximum atomic E-state index is 14.8. The SMILES string of the molecule is CC(C)(C)[C@H](NC(=O)c1nn(Cc2ccc(C#N)cc2)c2c(F)cccc12)C(=O)NC1CC1. The Morgan fingerprint density at radius 1 is 1.21 bits per heavy atom. The highest BCUT2D eigenvalue weighted by Crippen LogP contribution is 2.26. The maximum Gasteiger partial charge on any atom is 0.273 e. The number of rotatable bonds is 6. The number of carbonyl (C=O) groups excluding carboxylic acids is 2. The second-order valence-corrected chi connectivity index (χ2v) is 9.51. The number of aromatic nitrogens is 2. The zero-order chi connectivity index (χ0) is 23.8. The summed E-state index contributed by atoms with van der Waals surface area (Å²) < 4.78 is 16.2. The minimum absolute atomic E-state index is 0.0617. The first-order valence-electron chi connectivity index (χ1n) is 10.9. The summed E-state index contributed by atoms with van der Waals surface area (Å²) >= 11 is 0. The van der Waals surface area contributed by atoms with Crippen LogP contribution in [0.3, 0.4) is 0 Å². The van der Waals surface area contributed by atoms with E-state index >= 15 is 0 Å². The van der Waals surface area contributed by atoms with Gasteiger partial charge in [-0.2, -0.15) is 10.4 Å². The summed E-state index contributed by atoms with van der Waals surface area (Å²) in [6, 6.07) is 12.9. The normalized spacial score (nSPS) is 14.5. The van der Waals surface area contributed by atoms with Gasteiger partial charge in [-0.05, 0) is 42.0 Å². The minimum Gasteiger partial charge on any atom is -0.352 e. The van der Waals surface area contributed by atoms with Crippen molar-refractivity contribution in [3.05, 3.63) is 65.1 Å². The molecule has 0 aliphatic heterocycles. The first-order valence-corrected chi connectivity index (χ1v) is 10.9. The van der Waals surface area contributed by atoms with Gasteiger partial charge in [0.15, 0.2) is 5.69 Å². The number of fused-ring (bicyclic) bond motifs is 1. The molecule has 1 heterocycles. The highest BCUT2D eigenvalue weighted by atomic mass is 19.1. The van der Waals surface area contributed by atoms with Crippen molar-refractivity contribution in [1.29, 1.82) is 5.26 Å². The smallest absolute Gasteiger partial charge is 0.273 e. The molecule has 1 aliphatic rings. The fraction of sp³-hybridized carbons (Fsp3) is 0.360. The molecular formula is C25H26FN5O2. The molecule has 0 spiro atoms. The van der Waals surface area contributed by atoms with Crippen LogP contribution in [0.2, 0.25) is 0 Å². The Morgan fingerprint density at radius 3 is 2.52 bits per heavy atom. The fourth-order valence-corrected chi connectivity index (χ4v) is 3.72. The van der Waals surface area contributed by atoms with Gasteiger partial charge in [-0.1, -0.05) is 45.0 Å². The predicted octanol–water partition coefficient (Wildman–Crippen LogP) is 3.52. The molecule has 1 saturated carbocycles. The summed E-state index contributed by atoms with van der Waals surface area (Å²) in [4.78, 5) is 26.0. The zero-order valence-electron chi connectivity index (χ0n) is 18.9. The van der Waals surface area contributed by atoms with Gasteiger partial charge in [-0.25, -0.2) is 4.39 Å². The lowest BCUT2D eigenvalue weighted by molar-refractivity contribution is -0.125. The van der Waals surface area contributed by atoms with Crippen molar-refractivity contribution < 1.29 is 14.0 Å². The first kappa shape index (κ1) is 22.5. The van der Waals surface area contributed by atoms with Gasteiger partial charge in [0, 0.05) is 11.4 Å². The van der Waals surface area contributed by atoms with Crippen LogP contribution in [-0.2, 0) is 11.3 Å². The second kappa shape index (κ2) is 8.66. The molecule has 2 aromatic carbocycles. The third kappa shape index (κ3) is 4.87. The third-order valence-corrected chi connectivity index (χ3v) is 5.68. The van der Waals surface area contributed by atoms with Crippen LogP contribution in [0.15, 0.2) is 42.5 Å². The molecule has 3 aromatic rings. The fourth-order valence-electron chi connectivity index (χ4n) is 3.72. The van der Waals surface area contributed by atoms with Gasteiger partial charge in [0.25, 0.3) is 5.91 Å². The number of benzene rings is 2. The van der Waals surface area contributed by atoms with Gasteiger partial charge < -0.3 is 10.6 Å². The van der Waals surface area contributed by atoms with Crippen LogP contribution in [0.1, 0.15) is 55.2 Å². The van der Waals surface area contributed by atoms with E-state index in [2.05, 4.69) is 21.8 Å². The Labute approximate surface area is 191 Å². The van der Waals surface area contributed by atoms with Crippen molar-refractivity contribution in [1.82, 2.24) is 20.4 Å². The largest absolute Gasteiger partial charge is 0.352 e. The Morgan fingerprint density at radius 2 is 1.91 bits per heavy atom. The summed E-state index contributed by atoms with van der Waals surface area (Å²) in [5, 5.41) is 19.6. The highest BCUT2D eigenvalue weighted by Gasteiger charge is 2.36. The molecule has 1 atom stereocenters. The van der Waals surface area contributed by atoms with Crippen LogP contribution in [0.5, 0.6) is 0 Å². The molecule has 1 aliphatic carbocycles. The molecule has 0 radical (unpaired) electrons. The quantitative estimate of drug-likeness (QED) is 0.604. The summed E-state index contributed by atoms with van der Waals surface area (Å²) in [5.74, 6) is -1.26. The molecule has 0 unspecified atom stereocenters. The van der Waals surface area contributed by atoms with Crippen LogP contribution < -0.4 is 10.6 Å². The summed E-state index contributed by atoms with van der Waals surface area (Å²) in [7, 11) is 0. The second-order valence-electron chi connectivity index (χ2n) is 9.51. The highest BCUT2D eigenvalue weighted by molar-refractivity contribution is 6.06. The van der Waals surface area contributed by atoms with Crippen molar-refractivity contribution in [2.75, 3.05) is 0 Å². The Hall–Kier alpha value is -3.73. The topological polar surface area (TPSA) is 99.8 Å². The predicted molar refractivity (Wildman–Crippen MR) is 122 cm³/mol. The van der Waals surface area contributed by atoms with Crippen molar-refractivity contribution in [3.8, 4) is 6.07 Å². The molecule has 1 fully saturated rings. The molecule has 2 amide bonds. The van der Waals surface area contributed by atoms with Gasteiger partial charge in [0.1, 0.15) is 17.4 Å². The third-order valence-electron chi connectivity index (χ3n) is 5.68. The van der Waals surface area contributed by atoms with Crippen LogP contribution >= 0.6 is 0 Å². The molecule has 1 aromatic heterocycles. The Bertz CT molecular complexity index is 1250. The van der Waals surface area contributed by atoms with Crippen molar-refractivity contribution in [2.24, 2.45) is 5.41 Å². The van der Waals surface area contributed by atoms with E-state index in [1.54, 1.807) is 30.3 Å². The van der Waals surface area contributed by atoms with Gasteiger partial charge in [-0.15, -0.1) is 0 Å². The monoisotopic (exact) mass is 447 g/mol. The van der Waals surface area contributed by atoms with Crippen molar-refractivity contribution >= 4 is 22.7 Å². The molecular weight excluding hydrogens is 421 g/mol. The lowest BCUT2D eigenvalue weighted by atomic mass is 9.86. The molecule has 7 nitrogen and oxygen atoms in total. The van der Waals surface area contributed by atoms with Crippen LogP contribution in [0.25, 0.3) is 10.9 Å². The van der Waals surface area contributed by atoms with Crippen LogP contribution in [-0.4, -0.2) is 33.7 Å². The van der Waals surface area contributed by atoms with Crippen molar-refractivity contribution in [3.63, 3.8) is 0 Å². The molecule has 2 N–H and O–H groups in total. The number of hydrogen-bond donors (Lipinski definition) is 2. The number of hydrogen-bond acceptors (Lipinski definition) is 4. The number of nitriles is 1. The number of para-hydroxylation sites is 1. The molecule has 4 rings (SSSR count). The van der Waals surface area contributed by atoms with E-state index in [1.807, 2.05) is 20.8 Å². The lowest BCUT2D eigenvalue weighted by Gasteiger charge is -2.30. The molecule has 0 bridgehead atoms. The zero-order valence-corrected chi connectivity index (χ0v) is 18.9. The average Bonchev–Trinajstić information content (AvgIpc) is 3.50. The molecule has 0 saturated heterocycles. The number of nitrogens with one attached hydrogen (secondary N) is 2. The van der Waals surface area contributed by atoms with Crippen LogP contribution in [0, 0.1) is 22.6 Å². The van der Waals surface area contributed by atoms with Gasteiger partial charge in [0.2, 0.25) is 5.91 Å². The summed E-state index contributed by atoms with van der Waals surface area (Å²) in [5.41, 5.74) is 1.08. The molecule has 33 heavy (non-hydrogen) atoms. The van der Waals surface area contributed by atoms with E-state index in [0.29, 0.717) is 10.9 Å². The Kier molecular flexibility index (Phi) is 5.90. The number of carbonyl (C=O) groups is 2. The van der Waals surface area contributed by atoms with Gasteiger partial charge in [-0.3, -0.25) is 14.3 Å². The van der Waals surface area contributed by atoms with Gasteiger partial charge in [0.05, 0.1) is 18.2 Å². The number of halogens is 1. The van der Waals surface area contributed by atoms with E-state index in [0.717, 1.165) is 18.4 Å². The van der Waals surface area contributed by atoms with Crippen molar-refractivity contribution in [2.45, 2.75) is 52.2 Å². The average molecular weight is 448 g/mol. The summed E-state index contributed by atoms with van der Waals surface area (Å²) in [6.07, 6.45) is 1.89. The minimum atomic E-state index is -0.766. The Balaban J connectivity index is 1.66. The standard InChI is InChI=1S/C25H26FN5O2/c1-25(2,3)22(24(33)28-17-11-12-17)29-23(32)20-18-5-4-6-19(26)21(18)31(30-20)14-16-9-7-15(13-27)8-10-16/h4-10,17,22H,11-12,14H2,1-3H3,(H,28,33)(H,29,32)/t22-/m1/s1. The maximum absolute atomic E-state index is 14.8. The van der Waals surface area contributed by atoms with E-state index in [-0.39, 0.29) is 29.7 Å². The van der Waals surface area contributed by atoms with Crippen LogP contribution in [0.4, 0.5) is 4.39 Å². The van der Waals surface area contributed by atoms with E-state index < -0.39 is 23.2 Å². The number of amides is 2. The van der Waals surface area contributed by atoms with Gasteiger partial charge >= 0.3 is 0 Å². The number of nitrogens with zero attached hydrogens (tertiary/aromatic N) is 3. The molecule has 170 valence electrons. The van der Waals surface area contributed by atoms with E-state index in [4.69, 9.17) is 5.26 Å². The lowest BCUT2D eigenvalue weighted by Crippen LogP contribution is -2.54. The van der Waals surface area contributed by atoms with E-state index in [1.165, 1.54) is 16.8 Å². The molecule has 8 heteroatoms. The van der Waals surface area contributed by atoms with E-state index in [9.17, 15) is 14.0 Å².